The third kappa shape index (κ3) is 2.20. The topological polar surface area (TPSA) is 39.1 Å². The van der Waals surface area contributed by atoms with Crippen molar-refractivity contribution in [3.8, 4) is 6.07 Å². The second kappa shape index (κ2) is 4.08. The lowest BCUT2D eigenvalue weighted by Gasteiger charge is -2.44. The van der Waals surface area contributed by atoms with E-state index >= 15 is 0 Å². The standard InChI is InChI=1S/C10H19N3/c1-4-9(7-11)13-6-5-12-8-10(13,2)3/h9,12H,4-6,8H2,1-3H3. The molecule has 1 rings (SSSR count). The molecule has 0 amide bonds. The maximum absolute atomic E-state index is 9.00. The maximum Gasteiger partial charge on any atom is 0.0980 e. The van der Waals surface area contributed by atoms with Gasteiger partial charge in [-0.05, 0) is 20.3 Å². The second-order valence-corrected chi connectivity index (χ2v) is 4.24. The SMILES string of the molecule is CCC(C#N)N1CCNCC1(C)C. The minimum Gasteiger partial charge on any atom is -0.314 e. The van der Waals surface area contributed by atoms with Crippen LogP contribution in [0, 0.1) is 11.3 Å². The zero-order valence-electron chi connectivity index (χ0n) is 8.80. The lowest BCUT2D eigenvalue weighted by atomic mass is 9.97. The molecule has 1 aliphatic heterocycles. The number of nitrogens with one attached hydrogen (secondary N) is 1. The zero-order chi connectivity index (χ0) is 9.90. The summed E-state index contributed by atoms with van der Waals surface area (Å²) in [4.78, 5) is 2.31. The molecule has 1 aliphatic rings. The molecular weight excluding hydrogens is 162 g/mol. The van der Waals surface area contributed by atoms with E-state index in [0.29, 0.717) is 0 Å². The smallest absolute Gasteiger partial charge is 0.0980 e. The van der Waals surface area contributed by atoms with Gasteiger partial charge in [-0.2, -0.15) is 5.26 Å². The van der Waals surface area contributed by atoms with Gasteiger partial charge in [-0.3, -0.25) is 4.90 Å². The summed E-state index contributed by atoms with van der Waals surface area (Å²) in [6.07, 6.45) is 0.917. The summed E-state index contributed by atoms with van der Waals surface area (Å²) >= 11 is 0. The van der Waals surface area contributed by atoms with Crippen molar-refractivity contribution in [3.63, 3.8) is 0 Å². The predicted molar refractivity (Wildman–Crippen MR) is 53.3 cm³/mol. The Hall–Kier alpha value is -0.590. The second-order valence-electron chi connectivity index (χ2n) is 4.24. The van der Waals surface area contributed by atoms with E-state index in [4.69, 9.17) is 5.26 Å². The molecule has 0 aromatic rings. The van der Waals surface area contributed by atoms with Crippen LogP contribution in [0.1, 0.15) is 27.2 Å². The Morgan fingerprint density at radius 2 is 2.31 bits per heavy atom. The molecule has 0 saturated carbocycles. The van der Waals surface area contributed by atoms with Crippen molar-refractivity contribution in [1.29, 1.82) is 5.26 Å². The van der Waals surface area contributed by atoms with Crippen molar-refractivity contribution in [1.82, 2.24) is 10.2 Å². The Labute approximate surface area is 80.7 Å². The van der Waals surface area contributed by atoms with Gasteiger partial charge in [0, 0.05) is 25.2 Å². The van der Waals surface area contributed by atoms with Crippen LogP contribution >= 0.6 is 0 Å². The van der Waals surface area contributed by atoms with E-state index in [-0.39, 0.29) is 11.6 Å². The number of hydrogen-bond donors (Lipinski definition) is 1. The van der Waals surface area contributed by atoms with Gasteiger partial charge in [-0.1, -0.05) is 6.92 Å². The highest BCUT2D eigenvalue weighted by Gasteiger charge is 2.33. The van der Waals surface area contributed by atoms with Crippen LogP contribution in [0.5, 0.6) is 0 Å². The summed E-state index contributed by atoms with van der Waals surface area (Å²) in [6.45, 7) is 9.43. The molecule has 1 heterocycles. The molecule has 0 radical (unpaired) electrons. The molecule has 1 unspecified atom stereocenters. The van der Waals surface area contributed by atoms with Crippen LogP contribution < -0.4 is 5.32 Å². The van der Waals surface area contributed by atoms with Crippen molar-refractivity contribution < 1.29 is 0 Å². The van der Waals surface area contributed by atoms with E-state index in [1.54, 1.807) is 0 Å². The Bertz CT molecular complexity index is 205. The number of piperazine rings is 1. The Kier molecular flexibility index (Phi) is 3.29. The first-order valence-electron chi connectivity index (χ1n) is 4.99. The van der Waals surface area contributed by atoms with Crippen LogP contribution in [0.15, 0.2) is 0 Å². The molecule has 0 aromatic heterocycles. The van der Waals surface area contributed by atoms with Crippen molar-refractivity contribution >= 4 is 0 Å². The maximum atomic E-state index is 9.00. The summed E-state index contributed by atoms with van der Waals surface area (Å²) in [5.41, 5.74) is 0.120. The molecule has 0 spiro atoms. The minimum atomic E-state index is 0.0806. The van der Waals surface area contributed by atoms with Crippen LogP contribution in [-0.4, -0.2) is 36.1 Å². The van der Waals surface area contributed by atoms with Gasteiger partial charge in [-0.15, -0.1) is 0 Å². The average Bonchev–Trinajstić information content (AvgIpc) is 2.09. The molecular formula is C10H19N3. The molecule has 74 valence electrons. The van der Waals surface area contributed by atoms with Crippen LogP contribution in [0.4, 0.5) is 0 Å². The normalized spacial score (nSPS) is 25.1. The van der Waals surface area contributed by atoms with Crippen LogP contribution in [0.2, 0.25) is 0 Å². The van der Waals surface area contributed by atoms with Gasteiger partial charge in [-0.25, -0.2) is 0 Å². The fourth-order valence-electron chi connectivity index (χ4n) is 1.96. The molecule has 3 nitrogen and oxygen atoms in total. The average molecular weight is 181 g/mol. The predicted octanol–water partition coefficient (Wildman–Crippen LogP) is 0.972. The van der Waals surface area contributed by atoms with Gasteiger partial charge in [0.05, 0.1) is 12.1 Å². The van der Waals surface area contributed by atoms with Crippen molar-refractivity contribution in [3.05, 3.63) is 0 Å². The summed E-state index contributed by atoms with van der Waals surface area (Å²) in [5, 5.41) is 12.4. The third-order valence-electron chi connectivity index (χ3n) is 2.78. The molecule has 1 fully saturated rings. The van der Waals surface area contributed by atoms with Crippen molar-refractivity contribution in [2.24, 2.45) is 0 Å². The zero-order valence-corrected chi connectivity index (χ0v) is 8.80. The Morgan fingerprint density at radius 3 is 2.77 bits per heavy atom. The fraction of sp³-hybridized carbons (Fsp3) is 0.900. The number of hydrogen-bond acceptors (Lipinski definition) is 3. The minimum absolute atomic E-state index is 0.0806. The van der Waals surface area contributed by atoms with E-state index in [1.165, 1.54) is 0 Å². The fourth-order valence-corrected chi connectivity index (χ4v) is 1.96. The summed E-state index contributed by atoms with van der Waals surface area (Å²) in [5.74, 6) is 0. The molecule has 0 aromatic carbocycles. The van der Waals surface area contributed by atoms with Gasteiger partial charge in [0.15, 0.2) is 0 Å². The number of nitrogens with zero attached hydrogens (tertiary/aromatic N) is 2. The molecule has 13 heavy (non-hydrogen) atoms. The van der Waals surface area contributed by atoms with Crippen LogP contribution in [0.25, 0.3) is 0 Å². The van der Waals surface area contributed by atoms with Gasteiger partial charge < -0.3 is 5.32 Å². The van der Waals surface area contributed by atoms with Crippen LogP contribution in [-0.2, 0) is 0 Å². The Morgan fingerprint density at radius 1 is 1.62 bits per heavy atom. The molecule has 3 heteroatoms. The van der Waals surface area contributed by atoms with E-state index in [1.807, 2.05) is 0 Å². The molecule has 1 saturated heterocycles. The Balaban J connectivity index is 2.70. The first-order valence-corrected chi connectivity index (χ1v) is 4.99. The summed E-state index contributed by atoms with van der Waals surface area (Å²) < 4.78 is 0. The highest BCUT2D eigenvalue weighted by Crippen LogP contribution is 2.20. The van der Waals surface area contributed by atoms with Gasteiger partial charge in [0.25, 0.3) is 0 Å². The third-order valence-corrected chi connectivity index (χ3v) is 2.78. The largest absolute Gasteiger partial charge is 0.314 e. The quantitative estimate of drug-likeness (QED) is 0.690. The first-order chi connectivity index (χ1) is 6.11. The van der Waals surface area contributed by atoms with Crippen molar-refractivity contribution in [2.45, 2.75) is 38.8 Å². The molecule has 0 bridgehead atoms. The van der Waals surface area contributed by atoms with Gasteiger partial charge >= 0.3 is 0 Å². The van der Waals surface area contributed by atoms with Crippen LogP contribution in [0.3, 0.4) is 0 Å². The number of nitriles is 1. The summed E-state index contributed by atoms with van der Waals surface area (Å²) in [6, 6.07) is 2.46. The lowest BCUT2D eigenvalue weighted by molar-refractivity contribution is 0.0647. The molecule has 1 N–H and O–H groups in total. The van der Waals surface area contributed by atoms with E-state index in [2.05, 4.69) is 37.1 Å². The summed E-state index contributed by atoms with van der Waals surface area (Å²) in [7, 11) is 0. The molecule has 1 atom stereocenters. The van der Waals surface area contributed by atoms with E-state index < -0.39 is 0 Å². The highest BCUT2D eigenvalue weighted by atomic mass is 15.3. The number of rotatable bonds is 2. The monoisotopic (exact) mass is 181 g/mol. The van der Waals surface area contributed by atoms with Crippen molar-refractivity contribution in [2.75, 3.05) is 19.6 Å². The molecule has 0 aliphatic carbocycles. The van der Waals surface area contributed by atoms with E-state index in [9.17, 15) is 0 Å². The highest BCUT2D eigenvalue weighted by molar-refractivity contribution is 4.99. The van der Waals surface area contributed by atoms with Gasteiger partial charge in [0.1, 0.15) is 0 Å². The first kappa shape index (κ1) is 10.5. The lowest BCUT2D eigenvalue weighted by Crippen LogP contribution is -2.60. The van der Waals surface area contributed by atoms with Gasteiger partial charge in [0.2, 0.25) is 0 Å². The van der Waals surface area contributed by atoms with E-state index in [0.717, 1.165) is 26.1 Å².